The summed E-state index contributed by atoms with van der Waals surface area (Å²) in [4.78, 5) is 17.7. The van der Waals surface area contributed by atoms with E-state index in [4.69, 9.17) is 0 Å². The highest BCUT2D eigenvalue weighted by Crippen LogP contribution is 2.27. The number of carbonyl (C=O) groups excluding carboxylic acids is 1. The molecule has 0 spiro atoms. The van der Waals surface area contributed by atoms with Crippen molar-refractivity contribution in [3.8, 4) is 9.88 Å². The summed E-state index contributed by atoms with van der Waals surface area (Å²) >= 11 is 3.28. The minimum atomic E-state index is 0. The fourth-order valence-corrected chi connectivity index (χ4v) is 3.95. The second-order valence-corrected chi connectivity index (χ2v) is 6.71. The first-order valence-electron chi connectivity index (χ1n) is 6.79. The molecule has 3 rings (SSSR count). The summed E-state index contributed by atoms with van der Waals surface area (Å²) in [6.07, 6.45) is 2.57. The average Bonchev–Trinajstić information content (AvgIpc) is 3.10. The smallest absolute Gasteiger partial charge is 0.226 e. The first kappa shape index (κ1) is 19.4. The SMILES string of the molecule is Cl.Cl.O=C(Cc1csc(-c2cccs2)n1)NC1CCCNC1. The Bertz CT molecular complexity index is 568. The Morgan fingerprint density at radius 3 is 2.95 bits per heavy atom. The second kappa shape index (κ2) is 9.47. The number of hydrogen-bond donors (Lipinski definition) is 2. The molecule has 1 aliphatic rings. The molecule has 0 bridgehead atoms. The van der Waals surface area contributed by atoms with Crippen LogP contribution in [0.15, 0.2) is 22.9 Å². The summed E-state index contributed by atoms with van der Waals surface area (Å²) < 4.78 is 0. The van der Waals surface area contributed by atoms with Crippen molar-refractivity contribution in [2.24, 2.45) is 0 Å². The van der Waals surface area contributed by atoms with Gasteiger partial charge in [-0.1, -0.05) is 6.07 Å². The van der Waals surface area contributed by atoms with E-state index in [1.807, 2.05) is 16.8 Å². The van der Waals surface area contributed by atoms with Crippen LogP contribution in [0, 0.1) is 0 Å². The number of aromatic nitrogens is 1. The Balaban J connectivity index is 0.00000121. The lowest BCUT2D eigenvalue weighted by molar-refractivity contribution is -0.121. The predicted molar refractivity (Wildman–Crippen MR) is 97.7 cm³/mol. The number of piperidine rings is 1. The van der Waals surface area contributed by atoms with Gasteiger partial charge >= 0.3 is 0 Å². The Kier molecular flexibility index (Phi) is 8.35. The normalized spacial score (nSPS) is 17.2. The molecule has 1 unspecified atom stereocenters. The van der Waals surface area contributed by atoms with Gasteiger partial charge in [0.25, 0.3) is 0 Å². The molecule has 2 aromatic heterocycles. The third-order valence-corrected chi connectivity index (χ3v) is 5.22. The van der Waals surface area contributed by atoms with Crippen LogP contribution in [0.25, 0.3) is 9.88 Å². The fraction of sp³-hybridized carbons (Fsp3) is 0.429. The van der Waals surface area contributed by atoms with Gasteiger partial charge in [-0.3, -0.25) is 4.79 Å². The van der Waals surface area contributed by atoms with Crippen molar-refractivity contribution < 1.29 is 4.79 Å². The summed E-state index contributed by atoms with van der Waals surface area (Å²) in [7, 11) is 0. The topological polar surface area (TPSA) is 54.0 Å². The Labute approximate surface area is 150 Å². The van der Waals surface area contributed by atoms with Crippen LogP contribution in [-0.2, 0) is 11.2 Å². The Hall–Kier alpha value is -0.660. The first-order chi connectivity index (χ1) is 9.81. The van der Waals surface area contributed by atoms with Crippen molar-refractivity contribution in [3.05, 3.63) is 28.6 Å². The zero-order valence-corrected chi connectivity index (χ0v) is 15.2. The molecule has 0 saturated carbocycles. The van der Waals surface area contributed by atoms with Gasteiger partial charge in [-0.2, -0.15) is 0 Å². The van der Waals surface area contributed by atoms with Crippen LogP contribution in [0.4, 0.5) is 0 Å². The Morgan fingerprint density at radius 1 is 1.41 bits per heavy atom. The number of thiazole rings is 1. The van der Waals surface area contributed by atoms with Gasteiger partial charge < -0.3 is 10.6 Å². The monoisotopic (exact) mass is 379 g/mol. The molecule has 2 N–H and O–H groups in total. The Morgan fingerprint density at radius 2 is 2.27 bits per heavy atom. The van der Waals surface area contributed by atoms with E-state index in [-0.39, 0.29) is 36.8 Å². The van der Waals surface area contributed by atoms with Crippen molar-refractivity contribution in [3.63, 3.8) is 0 Å². The van der Waals surface area contributed by atoms with Crippen LogP contribution in [0.2, 0.25) is 0 Å². The lowest BCUT2D eigenvalue weighted by atomic mass is 10.1. The standard InChI is InChI=1S/C14H17N3OS2.2ClH/c18-13(16-10-3-1-5-15-8-10)7-11-9-20-14(17-11)12-4-2-6-19-12;;/h2,4,6,9-10,15H,1,3,5,7-8H2,(H,16,18);2*1H. The average molecular weight is 380 g/mol. The highest BCUT2D eigenvalue weighted by Gasteiger charge is 2.16. The van der Waals surface area contributed by atoms with Crippen LogP contribution in [0.1, 0.15) is 18.5 Å². The van der Waals surface area contributed by atoms with Gasteiger partial charge in [-0.25, -0.2) is 4.98 Å². The molecule has 3 heterocycles. The number of nitrogens with zero attached hydrogens (tertiary/aromatic N) is 1. The molecule has 1 aliphatic heterocycles. The molecular weight excluding hydrogens is 361 g/mol. The highest BCUT2D eigenvalue weighted by molar-refractivity contribution is 7.20. The molecule has 8 heteroatoms. The van der Waals surface area contributed by atoms with Crippen molar-refractivity contribution in [2.45, 2.75) is 25.3 Å². The molecule has 1 fully saturated rings. The van der Waals surface area contributed by atoms with Gasteiger partial charge in [0, 0.05) is 18.0 Å². The van der Waals surface area contributed by atoms with Crippen molar-refractivity contribution in [1.29, 1.82) is 0 Å². The third-order valence-electron chi connectivity index (χ3n) is 3.29. The van der Waals surface area contributed by atoms with Gasteiger partial charge in [0.05, 0.1) is 17.0 Å². The van der Waals surface area contributed by atoms with Crippen LogP contribution >= 0.6 is 47.5 Å². The number of nitrogens with one attached hydrogen (secondary N) is 2. The van der Waals surface area contributed by atoms with E-state index >= 15 is 0 Å². The minimum absolute atomic E-state index is 0. The number of carbonyl (C=O) groups is 1. The van der Waals surface area contributed by atoms with Gasteiger partial charge in [0.15, 0.2) is 0 Å². The van der Waals surface area contributed by atoms with Gasteiger partial charge in [0.1, 0.15) is 5.01 Å². The van der Waals surface area contributed by atoms with E-state index in [9.17, 15) is 4.79 Å². The summed E-state index contributed by atoms with van der Waals surface area (Å²) in [5.74, 6) is 0.0710. The van der Waals surface area contributed by atoms with Crippen LogP contribution < -0.4 is 10.6 Å². The number of thiophene rings is 1. The van der Waals surface area contributed by atoms with Crippen molar-refractivity contribution >= 4 is 53.4 Å². The van der Waals surface area contributed by atoms with Crippen LogP contribution in [-0.4, -0.2) is 30.0 Å². The fourth-order valence-electron chi connectivity index (χ4n) is 2.32. The van der Waals surface area contributed by atoms with E-state index in [1.54, 1.807) is 22.7 Å². The van der Waals surface area contributed by atoms with E-state index in [0.29, 0.717) is 6.42 Å². The lowest BCUT2D eigenvalue weighted by Crippen LogP contribution is -2.46. The second-order valence-electron chi connectivity index (χ2n) is 4.91. The maximum absolute atomic E-state index is 12.0. The molecule has 0 radical (unpaired) electrons. The number of rotatable bonds is 4. The summed E-state index contributed by atoms with van der Waals surface area (Å²) in [6, 6.07) is 4.34. The summed E-state index contributed by atoms with van der Waals surface area (Å²) in [5.41, 5.74) is 0.861. The van der Waals surface area contributed by atoms with Gasteiger partial charge in [-0.05, 0) is 30.8 Å². The van der Waals surface area contributed by atoms with Crippen LogP contribution in [0.3, 0.4) is 0 Å². The third kappa shape index (κ3) is 5.21. The largest absolute Gasteiger partial charge is 0.352 e. The molecule has 1 atom stereocenters. The molecule has 122 valence electrons. The molecule has 1 saturated heterocycles. The van der Waals surface area contributed by atoms with Gasteiger partial charge in [0.2, 0.25) is 5.91 Å². The van der Waals surface area contributed by atoms with Gasteiger partial charge in [-0.15, -0.1) is 47.5 Å². The molecule has 2 aromatic rings. The molecule has 4 nitrogen and oxygen atoms in total. The minimum Gasteiger partial charge on any atom is -0.352 e. The lowest BCUT2D eigenvalue weighted by Gasteiger charge is -2.23. The number of hydrogen-bond acceptors (Lipinski definition) is 5. The molecule has 0 aromatic carbocycles. The molecule has 1 amide bonds. The van der Waals surface area contributed by atoms with E-state index in [2.05, 4.69) is 21.7 Å². The number of halogens is 2. The zero-order valence-electron chi connectivity index (χ0n) is 11.9. The van der Waals surface area contributed by atoms with E-state index in [1.165, 1.54) is 0 Å². The summed E-state index contributed by atoms with van der Waals surface area (Å²) in [6.45, 7) is 1.94. The maximum atomic E-state index is 12.0. The molecule has 22 heavy (non-hydrogen) atoms. The predicted octanol–water partition coefficient (Wildman–Crippen LogP) is 3.13. The van der Waals surface area contributed by atoms with Crippen molar-refractivity contribution in [2.75, 3.05) is 13.1 Å². The molecular formula is C14H19Cl2N3OS2. The van der Waals surface area contributed by atoms with E-state index < -0.39 is 0 Å². The summed E-state index contributed by atoms with van der Waals surface area (Å²) in [5, 5.41) is 11.4. The highest BCUT2D eigenvalue weighted by atomic mass is 35.5. The maximum Gasteiger partial charge on any atom is 0.226 e. The van der Waals surface area contributed by atoms with Crippen LogP contribution in [0.5, 0.6) is 0 Å². The molecule has 0 aliphatic carbocycles. The zero-order chi connectivity index (χ0) is 13.8. The van der Waals surface area contributed by atoms with Crippen molar-refractivity contribution in [1.82, 2.24) is 15.6 Å². The number of amides is 1. The van der Waals surface area contributed by atoms with E-state index in [0.717, 1.165) is 41.5 Å². The quantitative estimate of drug-likeness (QED) is 0.857. The first-order valence-corrected chi connectivity index (χ1v) is 8.55.